The van der Waals surface area contributed by atoms with Crippen molar-refractivity contribution < 1.29 is 29.2 Å². The first-order valence-electron chi connectivity index (χ1n) is 6.92. The Balaban J connectivity index is 1.86. The number of aliphatic hydroxyl groups is 2. The molecule has 6 heteroatoms. The number of hydrogen-bond acceptors (Lipinski definition) is 6. The fourth-order valence-electron chi connectivity index (χ4n) is 3.52. The third kappa shape index (κ3) is 1.74. The van der Waals surface area contributed by atoms with Gasteiger partial charge in [-0.2, -0.15) is 0 Å². The van der Waals surface area contributed by atoms with Crippen molar-refractivity contribution in [1.82, 2.24) is 0 Å². The van der Waals surface area contributed by atoms with Crippen molar-refractivity contribution in [1.29, 1.82) is 0 Å². The summed E-state index contributed by atoms with van der Waals surface area (Å²) in [5, 5.41) is 20.6. The first-order chi connectivity index (χ1) is 9.03. The molecular weight excluding hydrogens is 252 g/mol. The Hall–Kier alpha value is -0.690. The highest BCUT2D eigenvalue weighted by molar-refractivity contribution is 5.78. The minimum atomic E-state index is -1.57. The molecule has 19 heavy (non-hydrogen) atoms. The lowest BCUT2D eigenvalue weighted by molar-refractivity contribution is -0.231. The van der Waals surface area contributed by atoms with Crippen LogP contribution in [-0.2, 0) is 19.0 Å². The van der Waals surface area contributed by atoms with Gasteiger partial charge in [0.25, 0.3) is 0 Å². The van der Waals surface area contributed by atoms with Gasteiger partial charge in [-0.25, -0.2) is 0 Å². The van der Waals surface area contributed by atoms with Crippen LogP contribution in [-0.4, -0.2) is 53.0 Å². The van der Waals surface area contributed by atoms with Crippen LogP contribution < -0.4 is 0 Å². The van der Waals surface area contributed by atoms with Gasteiger partial charge in [0.05, 0.1) is 6.61 Å². The molecule has 0 bridgehead atoms. The van der Waals surface area contributed by atoms with Crippen LogP contribution in [0.5, 0.6) is 0 Å². The monoisotopic (exact) mass is 272 g/mol. The molecule has 0 saturated carbocycles. The number of unbranched alkanes of at least 4 members (excludes halogenated alkanes) is 2. The van der Waals surface area contributed by atoms with Crippen LogP contribution in [0.4, 0.5) is 0 Å². The molecule has 108 valence electrons. The Morgan fingerprint density at radius 2 is 2.21 bits per heavy atom. The van der Waals surface area contributed by atoms with E-state index in [1.807, 2.05) is 0 Å². The molecule has 0 aromatic heterocycles. The maximum atomic E-state index is 11.9. The molecule has 5 atom stereocenters. The Morgan fingerprint density at radius 1 is 1.42 bits per heavy atom. The second-order valence-corrected chi connectivity index (χ2v) is 5.71. The number of carbonyl (C=O) groups is 1. The Morgan fingerprint density at radius 3 is 2.95 bits per heavy atom. The second-order valence-electron chi connectivity index (χ2n) is 5.71. The molecule has 3 heterocycles. The third-order valence-corrected chi connectivity index (χ3v) is 4.44. The lowest BCUT2D eigenvalue weighted by Crippen LogP contribution is -2.47. The van der Waals surface area contributed by atoms with Crippen molar-refractivity contribution in [3.8, 4) is 0 Å². The largest absolute Gasteiger partial charge is 0.462 e. The molecule has 3 aliphatic rings. The minimum absolute atomic E-state index is 0.0499. The molecule has 6 nitrogen and oxygen atoms in total. The van der Waals surface area contributed by atoms with E-state index in [9.17, 15) is 15.0 Å². The van der Waals surface area contributed by atoms with Crippen LogP contribution in [0.25, 0.3) is 0 Å². The second kappa shape index (κ2) is 4.41. The van der Waals surface area contributed by atoms with E-state index in [1.165, 1.54) is 0 Å². The summed E-state index contributed by atoms with van der Waals surface area (Å²) >= 11 is 0. The molecule has 1 spiro atoms. The Labute approximate surface area is 111 Å². The van der Waals surface area contributed by atoms with Gasteiger partial charge in [0, 0.05) is 6.42 Å². The summed E-state index contributed by atoms with van der Waals surface area (Å²) in [6, 6.07) is 0. The first kappa shape index (κ1) is 13.3. The Kier molecular flexibility index (Phi) is 3.09. The number of esters is 1. The number of cyclic esters (lactones) is 1. The molecule has 3 rings (SSSR count). The molecular formula is C13H20O6. The van der Waals surface area contributed by atoms with Gasteiger partial charge in [0.1, 0.15) is 30.3 Å². The summed E-state index contributed by atoms with van der Waals surface area (Å²) in [4.78, 5) is 11.9. The predicted octanol–water partition coefficient (Wildman–Crippen LogP) is -0.0430. The fourth-order valence-corrected chi connectivity index (χ4v) is 3.52. The SMILES string of the molecule is CCCCC[C@@]1(O)O[C@H]2C(O)CO[C@]23COC(=O)[C@@H]31. The fraction of sp³-hybridized carbons (Fsp3) is 0.923. The van der Waals surface area contributed by atoms with Crippen molar-refractivity contribution in [2.24, 2.45) is 5.92 Å². The highest BCUT2D eigenvalue weighted by Crippen LogP contribution is 2.54. The van der Waals surface area contributed by atoms with Crippen molar-refractivity contribution in [3.05, 3.63) is 0 Å². The van der Waals surface area contributed by atoms with Gasteiger partial charge in [-0.15, -0.1) is 0 Å². The summed E-state index contributed by atoms with van der Waals surface area (Å²) in [5.74, 6) is -2.91. The topological polar surface area (TPSA) is 85.2 Å². The van der Waals surface area contributed by atoms with E-state index in [0.717, 1.165) is 19.3 Å². The van der Waals surface area contributed by atoms with Crippen molar-refractivity contribution in [3.63, 3.8) is 0 Å². The molecule has 0 aromatic rings. The van der Waals surface area contributed by atoms with Gasteiger partial charge in [-0.3, -0.25) is 4.79 Å². The van der Waals surface area contributed by atoms with E-state index in [-0.39, 0.29) is 13.2 Å². The zero-order valence-corrected chi connectivity index (χ0v) is 11.0. The van der Waals surface area contributed by atoms with E-state index in [4.69, 9.17) is 14.2 Å². The van der Waals surface area contributed by atoms with Crippen molar-refractivity contribution in [2.75, 3.05) is 13.2 Å². The van der Waals surface area contributed by atoms with Crippen molar-refractivity contribution in [2.45, 2.75) is 56.2 Å². The number of rotatable bonds is 4. The van der Waals surface area contributed by atoms with Crippen LogP contribution in [0.3, 0.4) is 0 Å². The zero-order valence-electron chi connectivity index (χ0n) is 11.0. The third-order valence-electron chi connectivity index (χ3n) is 4.44. The molecule has 0 amide bonds. The minimum Gasteiger partial charge on any atom is -0.462 e. The Bertz CT molecular complexity index is 385. The molecule has 3 saturated heterocycles. The lowest BCUT2D eigenvalue weighted by Gasteiger charge is -2.28. The van der Waals surface area contributed by atoms with E-state index in [0.29, 0.717) is 6.42 Å². The summed E-state index contributed by atoms with van der Waals surface area (Å²) in [5.41, 5.74) is -1.00. The number of hydrogen-bond donors (Lipinski definition) is 2. The normalized spacial score (nSPS) is 48.2. The van der Waals surface area contributed by atoms with Gasteiger partial charge >= 0.3 is 5.97 Å². The molecule has 3 aliphatic heterocycles. The van der Waals surface area contributed by atoms with Gasteiger partial charge < -0.3 is 24.4 Å². The summed E-state index contributed by atoms with van der Waals surface area (Å²) < 4.78 is 16.3. The lowest BCUT2D eigenvalue weighted by atomic mass is 9.81. The van der Waals surface area contributed by atoms with Crippen LogP contribution in [0.1, 0.15) is 32.6 Å². The highest BCUT2D eigenvalue weighted by Gasteiger charge is 2.75. The summed E-state index contributed by atoms with van der Waals surface area (Å²) in [6.07, 6.45) is 1.57. The van der Waals surface area contributed by atoms with Gasteiger partial charge in [-0.05, 0) is 6.42 Å². The average molecular weight is 272 g/mol. The smallest absolute Gasteiger partial charge is 0.317 e. The maximum Gasteiger partial charge on any atom is 0.317 e. The van der Waals surface area contributed by atoms with Gasteiger partial charge in [0.15, 0.2) is 5.79 Å². The molecule has 2 N–H and O–H groups in total. The van der Waals surface area contributed by atoms with Gasteiger partial charge in [-0.1, -0.05) is 19.8 Å². The van der Waals surface area contributed by atoms with Crippen LogP contribution in [0, 0.1) is 5.92 Å². The average Bonchev–Trinajstić information content (AvgIpc) is 2.94. The highest BCUT2D eigenvalue weighted by atomic mass is 16.7. The maximum absolute atomic E-state index is 11.9. The van der Waals surface area contributed by atoms with E-state index >= 15 is 0 Å². The van der Waals surface area contributed by atoms with Gasteiger partial charge in [0.2, 0.25) is 0 Å². The molecule has 3 fully saturated rings. The number of ether oxygens (including phenoxy) is 3. The molecule has 0 aliphatic carbocycles. The van der Waals surface area contributed by atoms with Crippen LogP contribution in [0.15, 0.2) is 0 Å². The predicted molar refractivity (Wildman–Crippen MR) is 63.1 cm³/mol. The van der Waals surface area contributed by atoms with Crippen LogP contribution in [0.2, 0.25) is 0 Å². The van der Waals surface area contributed by atoms with Crippen LogP contribution >= 0.6 is 0 Å². The number of carbonyl (C=O) groups excluding carboxylic acids is 1. The quantitative estimate of drug-likeness (QED) is 0.551. The molecule has 0 radical (unpaired) electrons. The summed E-state index contributed by atoms with van der Waals surface area (Å²) in [6.45, 7) is 2.23. The molecule has 1 unspecified atom stereocenters. The number of aliphatic hydroxyl groups excluding tert-OH is 1. The molecule has 0 aromatic carbocycles. The zero-order chi connectivity index (χ0) is 13.7. The van der Waals surface area contributed by atoms with E-state index < -0.39 is 35.5 Å². The first-order valence-corrected chi connectivity index (χ1v) is 6.92. The standard InChI is InChI=1S/C13H20O6/c1-2-3-4-5-13(16)9-11(15)17-7-12(9)10(19-13)8(14)6-18-12/h8-10,14,16H,2-7H2,1H3/t8?,9-,10-,12-,13+/m0/s1. The van der Waals surface area contributed by atoms with E-state index in [1.54, 1.807) is 0 Å². The van der Waals surface area contributed by atoms with Crippen molar-refractivity contribution >= 4 is 5.97 Å². The van der Waals surface area contributed by atoms with E-state index in [2.05, 4.69) is 6.92 Å². The summed E-state index contributed by atoms with van der Waals surface area (Å²) in [7, 11) is 0.